The van der Waals surface area contributed by atoms with Crippen molar-refractivity contribution in [2.45, 2.75) is 30.7 Å². The van der Waals surface area contributed by atoms with E-state index < -0.39 is 22.9 Å². The first-order valence-electron chi connectivity index (χ1n) is 5.56. The Morgan fingerprint density at radius 1 is 1.41 bits per heavy atom. The molecule has 0 amide bonds. The first-order valence-corrected chi connectivity index (χ1v) is 6.55. The van der Waals surface area contributed by atoms with Crippen molar-refractivity contribution in [2.24, 2.45) is 5.73 Å². The molecule has 0 aromatic heterocycles. The van der Waals surface area contributed by atoms with E-state index in [2.05, 4.69) is 0 Å². The SMILES string of the molecule is CC(C)(SC[C@@H](O)C[N+](C)(C)C)[C@@H](N)C(=O)O. The predicted octanol–water partition coefficient (Wildman–Crippen LogP) is -0.0228. The largest absolute Gasteiger partial charge is 0.480 e. The fraction of sp³-hybridized carbons (Fsp3) is 0.909. The maximum Gasteiger partial charge on any atom is 0.321 e. The van der Waals surface area contributed by atoms with Crippen LogP contribution in [-0.4, -0.2) is 71.0 Å². The van der Waals surface area contributed by atoms with E-state index in [-0.39, 0.29) is 0 Å². The summed E-state index contributed by atoms with van der Waals surface area (Å²) >= 11 is 1.40. The smallest absolute Gasteiger partial charge is 0.321 e. The summed E-state index contributed by atoms with van der Waals surface area (Å²) < 4.78 is 0.0881. The van der Waals surface area contributed by atoms with Crippen LogP contribution >= 0.6 is 11.8 Å². The molecule has 0 unspecified atom stereocenters. The van der Waals surface area contributed by atoms with E-state index in [1.54, 1.807) is 13.8 Å². The summed E-state index contributed by atoms with van der Waals surface area (Å²) in [5.74, 6) is -0.521. The highest BCUT2D eigenvalue weighted by Gasteiger charge is 2.33. The second-order valence-corrected chi connectivity index (χ2v) is 7.53. The summed E-state index contributed by atoms with van der Waals surface area (Å²) in [4.78, 5) is 10.8. The van der Waals surface area contributed by atoms with Crippen LogP contribution in [0.2, 0.25) is 0 Å². The van der Waals surface area contributed by atoms with Gasteiger partial charge in [-0.3, -0.25) is 4.79 Å². The highest BCUT2D eigenvalue weighted by Crippen LogP contribution is 2.28. The maximum absolute atomic E-state index is 10.8. The lowest BCUT2D eigenvalue weighted by molar-refractivity contribution is -0.873. The quantitative estimate of drug-likeness (QED) is 0.563. The van der Waals surface area contributed by atoms with Gasteiger partial charge in [-0.15, -0.1) is 0 Å². The molecule has 5 nitrogen and oxygen atoms in total. The van der Waals surface area contributed by atoms with Gasteiger partial charge in [-0.05, 0) is 13.8 Å². The fourth-order valence-corrected chi connectivity index (χ4v) is 2.39. The van der Waals surface area contributed by atoms with Crippen LogP contribution in [0.15, 0.2) is 0 Å². The Kier molecular flexibility index (Phi) is 5.93. The lowest BCUT2D eigenvalue weighted by Crippen LogP contribution is -2.48. The first kappa shape index (κ1) is 16.7. The van der Waals surface area contributed by atoms with Crippen molar-refractivity contribution >= 4 is 17.7 Å². The number of thioether (sulfide) groups is 1. The number of rotatable bonds is 7. The van der Waals surface area contributed by atoms with Crippen LogP contribution in [0.4, 0.5) is 0 Å². The molecule has 17 heavy (non-hydrogen) atoms. The van der Waals surface area contributed by atoms with Crippen LogP contribution in [0.3, 0.4) is 0 Å². The van der Waals surface area contributed by atoms with Gasteiger partial charge in [0.1, 0.15) is 18.7 Å². The van der Waals surface area contributed by atoms with Crippen LogP contribution in [0.5, 0.6) is 0 Å². The molecule has 102 valence electrons. The zero-order valence-electron chi connectivity index (χ0n) is 11.3. The number of nitrogens with two attached hydrogens (primary N) is 1. The van der Waals surface area contributed by atoms with Gasteiger partial charge in [0.05, 0.1) is 21.1 Å². The molecule has 0 rings (SSSR count). The Labute approximate surface area is 108 Å². The third-order valence-corrected chi connectivity index (χ3v) is 3.97. The summed E-state index contributed by atoms with van der Waals surface area (Å²) in [5.41, 5.74) is 5.60. The first-order chi connectivity index (χ1) is 7.46. The molecule has 4 N–H and O–H groups in total. The molecule has 0 aromatic rings. The second-order valence-electron chi connectivity index (χ2n) is 5.86. The van der Waals surface area contributed by atoms with Gasteiger partial charge in [-0.1, -0.05) is 0 Å². The predicted molar refractivity (Wildman–Crippen MR) is 71.1 cm³/mol. The number of hydrogen-bond acceptors (Lipinski definition) is 4. The van der Waals surface area contributed by atoms with Crippen molar-refractivity contribution in [3.8, 4) is 0 Å². The number of carboxylic acid groups (broad SMARTS) is 1. The number of aliphatic carboxylic acids is 1. The monoisotopic (exact) mass is 265 g/mol. The molecule has 0 fully saturated rings. The zero-order chi connectivity index (χ0) is 13.9. The molecular formula is C11H25N2O3S+. The number of aliphatic hydroxyl groups excluding tert-OH is 1. The minimum absolute atomic E-state index is 0.458. The number of hydrogen-bond donors (Lipinski definition) is 3. The Morgan fingerprint density at radius 2 is 1.88 bits per heavy atom. The molecule has 2 atom stereocenters. The van der Waals surface area contributed by atoms with Gasteiger partial charge in [0.2, 0.25) is 0 Å². The molecule has 0 saturated carbocycles. The molecule has 0 heterocycles. The molecule has 0 spiro atoms. The summed E-state index contributed by atoms with van der Waals surface area (Å²) in [6.07, 6.45) is -0.458. The lowest BCUT2D eigenvalue weighted by atomic mass is 10.1. The molecule has 0 radical (unpaired) electrons. The molecule has 0 saturated heterocycles. The Morgan fingerprint density at radius 3 is 2.24 bits per heavy atom. The van der Waals surface area contributed by atoms with E-state index in [1.165, 1.54) is 11.8 Å². The average Bonchev–Trinajstić information content (AvgIpc) is 2.11. The molecule has 6 heteroatoms. The fourth-order valence-electron chi connectivity index (χ4n) is 1.38. The van der Waals surface area contributed by atoms with Crippen molar-refractivity contribution in [3.05, 3.63) is 0 Å². The Hall–Kier alpha value is -0.300. The summed E-state index contributed by atoms with van der Waals surface area (Å²) in [6.45, 7) is 4.20. The summed E-state index contributed by atoms with van der Waals surface area (Å²) in [5, 5.41) is 18.7. The third-order valence-electron chi connectivity index (χ3n) is 2.42. The highest BCUT2D eigenvalue weighted by molar-refractivity contribution is 8.00. The molecule has 0 bridgehead atoms. The number of likely N-dealkylation sites (N-methyl/N-ethyl adjacent to an activating group) is 1. The molecular weight excluding hydrogens is 240 g/mol. The number of carboxylic acids is 1. The van der Waals surface area contributed by atoms with Gasteiger partial charge >= 0.3 is 5.97 Å². The van der Waals surface area contributed by atoms with Crippen LogP contribution in [0.1, 0.15) is 13.8 Å². The van der Waals surface area contributed by atoms with Gasteiger partial charge in [0.25, 0.3) is 0 Å². The number of quaternary nitrogens is 1. The molecule has 0 aliphatic heterocycles. The van der Waals surface area contributed by atoms with Gasteiger partial charge in [-0.25, -0.2) is 0 Å². The van der Waals surface area contributed by atoms with Crippen molar-refractivity contribution in [1.82, 2.24) is 0 Å². The van der Waals surface area contributed by atoms with E-state index >= 15 is 0 Å². The zero-order valence-corrected chi connectivity index (χ0v) is 12.1. The summed E-state index contributed by atoms with van der Waals surface area (Å²) in [6, 6.07) is -0.927. The normalized spacial score (nSPS) is 16.6. The van der Waals surface area contributed by atoms with E-state index in [9.17, 15) is 9.90 Å². The standard InChI is InChI=1S/C11H24N2O3S/c1-11(2,9(12)10(15)16)17-7-8(14)6-13(3,4)5/h8-9,14H,6-7,12H2,1-5H3/p+1/t8-,9-/m0/s1. The molecule has 0 aliphatic carbocycles. The van der Waals surface area contributed by atoms with Crippen LogP contribution in [-0.2, 0) is 4.79 Å². The third kappa shape index (κ3) is 6.88. The van der Waals surface area contributed by atoms with Crippen LogP contribution < -0.4 is 5.73 Å². The average molecular weight is 265 g/mol. The lowest BCUT2D eigenvalue weighted by Gasteiger charge is -2.31. The van der Waals surface area contributed by atoms with Crippen LogP contribution in [0, 0.1) is 0 Å². The van der Waals surface area contributed by atoms with Crippen molar-refractivity contribution in [1.29, 1.82) is 0 Å². The summed E-state index contributed by atoms with van der Waals surface area (Å²) in [7, 11) is 6.01. The van der Waals surface area contributed by atoms with Gasteiger partial charge in [0, 0.05) is 10.5 Å². The van der Waals surface area contributed by atoms with E-state index in [0.717, 1.165) is 0 Å². The minimum Gasteiger partial charge on any atom is -0.480 e. The Bertz CT molecular complexity index is 264. The molecule has 0 aromatic carbocycles. The van der Waals surface area contributed by atoms with Crippen molar-refractivity contribution in [2.75, 3.05) is 33.4 Å². The highest BCUT2D eigenvalue weighted by atomic mass is 32.2. The van der Waals surface area contributed by atoms with Gasteiger partial charge in [-0.2, -0.15) is 11.8 Å². The Balaban J connectivity index is 4.23. The van der Waals surface area contributed by atoms with E-state index in [0.29, 0.717) is 16.8 Å². The van der Waals surface area contributed by atoms with E-state index in [4.69, 9.17) is 10.8 Å². The second kappa shape index (κ2) is 6.04. The molecule has 0 aliphatic rings. The topological polar surface area (TPSA) is 83.5 Å². The van der Waals surface area contributed by atoms with Crippen molar-refractivity contribution in [3.63, 3.8) is 0 Å². The van der Waals surface area contributed by atoms with Crippen LogP contribution in [0.25, 0.3) is 0 Å². The van der Waals surface area contributed by atoms with E-state index in [1.807, 2.05) is 21.1 Å². The number of aliphatic hydroxyl groups is 1. The maximum atomic E-state index is 10.8. The minimum atomic E-state index is -1.01. The van der Waals surface area contributed by atoms with Gasteiger partial charge in [0.15, 0.2) is 0 Å². The number of nitrogens with zero attached hydrogens (tertiary/aromatic N) is 1. The van der Waals surface area contributed by atoms with Crippen molar-refractivity contribution < 1.29 is 19.5 Å². The number of carbonyl (C=O) groups is 1. The van der Waals surface area contributed by atoms with Gasteiger partial charge < -0.3 is 20.4 Å².